The van der Waals surface area contributed by atoms with Crippen LogP contribution in [-0.2, 0) is 32.7 Å². The molecule has 0 fully saturated rings. The number of allylic oxidation sites excluding steroid dienone is 4. The van der Waals surface area contributed by atoms with Gasteiger partial charge in [-0.05, 0) is 44.9 Å². The first-order chi connectivity index (χ1) is 28.8. The first-order valence-electron chi connectivity index (χ1n) is 24.3. The lowest BCUT2D eigenvalue weighted by atomic mass is 10.0. The van der Waals surface area contributed by atoms with Crippen molar-refractivity contribution in [1.82, 2.24) is 0 Å². The molecule has 11 heteroatoms. The van der Waals surface area contributed by atoms with Crippen LogP contribution in [0.25, 0.3) is 0 Å². The van der Waals surface area contributed by atoms with Gasteiger partial charge in [-0.3, -0.25) is 18.6 Å². The highest BCUT2D eigenvalue weighted by Gasteiger charge is 2.27. The maximum Gasteiger partial charge on any atom is 0.472 e. The van der Waals surface area contributed by atoms with E-state index in [1.54, 1.807) is 0 Å². The molecule has 3 N–H and O–H groups in total. The van der Waals surface area contributed by atoms with Crippen molar-refractivity contribution in [3.63, 3.8) is 0 Å². The Balaban J connectivity index is 3.82. The third-order valence-corrected chi connectivity index (χ3v) is 11.6. The molecule has 0 saturated carbocycles. The van der Waals surface area contributed by atoms with Crippen molar-refractivity contribution in [3.05, 3.63) is 24.3 Å². The first-order valence-corrected chi connectivity index (χ1v) is 25.8. The monoisotopic (exact) mass is 859 g/mol. The maximum atomic E-state index is 12.4. The average molecular weight is 859 g/mol. The Morgan fingerprint density at radius 3 is 1.05 bits per heavy atom. The molecule has 0 bridgehead atoms. The topological polar surface area (TPSA) is 149 Å². The molecule has 0 amide bonds. The van der Waals surface area contributed by atoms with Gasteiger partial charge in [0.05, 0.1) is 26.4 Å². The number of carbonyl (C=O) groups is 2. The molecule has 0 aliphatic heterocycles. The molecule has 3 atom stereocenters. The quantitative estimate of drug-likeness (QED) is 0.0234. The summed E-state index contributed by atoms with van der Waals surface area (Å²) in [6.07, 6.45) is 45.8. The van der Waals surface area contributed by atoms with Crippen molar-refractivity contribution in [1.29, 1.82) is 0 Å². The highest BCUT2D eigenvalue weighted by molar-refractivity contribution is 7.47. The molecule has 10 nitrogen and oxygen atoms in total. The first kappa shape index (κ1) is 57.4. The summed E-state index contributed by atoms with van der Waals surface area (Å²) in [5.41, 5.74) is 0. The highest BCUT2D eigenvalue weighted by Crippen LogP contribution is 2.43. The Hall–Kier alpha value is -1.55. The van der Waals surface area contributed by atoms with Gasteiger partial charge in [0.25, 0.3) is 0 Å². The smallest absolute Gasteiger partial charge is 0.457 e. The molecular weight excluding hydrogens is 767 g/mol. The number of ether oxygens (including phenoxy) is 2. The molecule has 0 radical (unpaired) electrons. The van der Waals surface area contributed by atoms with E-state index in [0.717, 1.165) is 44.9 Å². The minimum Gasteiger partial charge on any atom is -0.457 e. The predicted octanol–water partition coefficient (Wildman–Crippen LogP) is 13.3. The van der Waals surface area contributed by atoms with Gasteiger partial charge in [-0.2, -0.15) is 0 Å². The van der Waals surface area contributed by atoms with Crippen LogP contribution in [0.1, 0.15) is 232 Å². The van der Waals surface area contributed by atoms with Crippen molar-refractivity contribution in [2.24, 2.45) is 0 Å². The fourth-order valence-corrected chi connectivity index (χ4v) is 7.70. The summed E-state index contributed by atoms with van der Waals surface area (Å²) in [5, 5.41) is 19.2. The molecule has 0 spiro atoms. The van der Waals surface area contributed by atoms with Gasteiger partial charge in [0, 0.05) is 12.8 Å². The third-order valence-electron chi connectivity index (χ3n) is 10.7. The summed E-state index contributed by atoms with van der Waals surface area (Å²) < 4.78 is 32.6. The standard InChI is InChI=1S/C48H91O10P/c1-3-5-7-9-11-13-15-17-18-19-20-21-22-23-24-25-26-28-30-32-34-36-38-40-48(52)58-46(42-50)44-56-59(53,54)55-43-45(41-49)57-47(51)39-37-35-33-31-29-27-16-14-12-10-8-6-4-2/h15,17,19-20,45-46,49-50H,3-14,16,18,21-44H2,1-2H3,(H,53,54)/b17-15-,20-19-. The molecule has 0 rings (SSSR count). The Labute approximate surface area is 361 Å². The summed E-state index contributed by atoms with van der Waals surface area (Å²) in [6, 6.07) is 0. The van der Waals surface area contributed by atoms with Crippen LogP contribution < -0.4 is 0 Å². The largest absolute Gasteiger partial charge is 0.472 e. The number of esters is 2. The number of aliphatic hydroxyl groups is 2. The van der Waals surface area contributed by atoms with Crippen LogP contribution in [0.3, 0.4) is 0 Å². The van der Waals surface area contributed by atoms with Crippen LogP contribution in [0.2, 0.25) is 0 Å². The van der Waals surface area contributed by atoms with Gasteiger partial charge in [-0.1, -0.05) is 199 Å². The third kappa shape index (κ3) is 42.9. The second kappa shape index (κ2) is 44.5. The Kier molecular flexibility index (Phi) is 43.3. The fourth-order valence-electron chi connectivity index (χ4n) is 6.91. The second-order valence-corrected chi connectivity index (χ2v) is 17.9. The number of phosphoric acid groups is 1. The minimum atomic E-state index is -4.63. The summed E-state index contributed by atoms with van der Waals surface area (Å²) in [5.74, 6) is -1.01. The Bertz CT molecular complexity index is 1040. The zero-order chi connectivity index (χ0) is 43.3. The van der Waals surface area contributed by atoms with Gasteiger partial charge in [-0.25, -0.2) is 4.57 Å². The summed E-state index contributed by atoms with van der Waals surface area (Å²) in [4.78, 5) is 34.6. The zero-order valence-corrected chi connectivity index (χ0v) is 38.9. The van der Waals surface area contributed by atoms with Crippen LogP contribution in [0.15, 0.2) is 24.3 Å². The molecule has 0 aliphatic carbocycles. The predicted molar refractivity (Wildman–Crippen MR) is 242 cm³/mol. The molecule has 0 saturated heterocycles. The number of rotatable bonds is 46. The van der Waals surface area contributed by atoms with Crippen LogP contribution in [0, 0.1) is 0 Å². The van der Waals surface area contributed by atoms with Crippen molar-refractivity contribution < 1.29 is 47.8 Å². The van der Waals surface area contributed by atoms with E-state index in [2.05, 4.69) is 38.2 Å². The lowest BCUT2D eigenvalue weighted by Gasteiger charge is -2.20. The van der Waals surface area contributed by atoms with Gasteiger partial charge in [0.1, 0.15) is 12.2 Å². The molecular formula is C48H91O10P. The van der Waals surface area contributed by atoms with Crippen molar-refractivity contribution in [2.75, 3.05) is 26.4 Å². The van der Waals surface area contributed by atoms with E-state index in [4.69, 9.17) is 18.5 Å². The summed E-state index contributed by atoms with van der Waals surface area (Å²) >= 11 is 0. The number of aliphatic hydroxyl groups excluding tert-OH is 2. The van der Waals surface area contributed by atoms with Crippen molar-refractivity contribution >= 4 is 19.8 Å². The average Bonchev–Trinajstić information content (AvgIpc) is 3.22. The van der Waals surface area contributed by atoms with E-state index >= 15 is 0 Å². The van der Waals surface area contributed by atoms with Gasteiger partial charge in [0.15, 0.2) is 0 Å². The fraction of sp³-hybridized carbons (Fsp3) is 0.875. The van der Waals surface area contributed by atoms with Gasteiger partial charge in [0.2, 0.25) is 0 Å². The molecule has 0 heterocycles. The van der Waals surface area contributed by atoms with Crippen LogP contribution in [-0.4, -0.2) is 65.7 Å². The Morgan fingerprint density at radius 2 is 0.746 bits per heavy atom. The molecule has 0 aromatic carbocycles. The number of hydrogen-bond donors (Lipinski definition) is 3. The van der Waals surface area contributed by atoms with E-state index < -0.39 is 58.4 Å². The SMILES string of the molecule is CCCCCCC/C=C\C/C=C\CCCCCCCCCCCCCC(=O)OC(CO)COP(=O)(O)OCC(CO)OC(=O)CCCCCCCCCCCCCCC. The van der Waals surface area contributed by atoms with E-state index in [-0.39, 0.29) is 12.8 Å². The number of phosphoric ester groups is 1. The maximum absolute atomic E-state index is 12.4. The second-order valence-electron chi connectivity index (χ2n) is 16.5. The van der Waals surface area contributed by atoms with E-state index in [9.17, 15) is 29.3 Å². The molecule has 0 aromatic heterocycles. The zero-order valence-electron chi connectivity index (χ0n) is 38.0. The van der Waals surface area contributed by atoms with E-state index in [0.29, 0.717) is 12.8 Å². The summed E-state index contributed by atoms with van der Waals surface area (Å²) in [6.45, 7) is 2.23. The minimum absolute atomic E-state index is 0.192. The molecule has 0 aliphatic rings. The van der Waals surface area contributed by atoms with Gasteiger partial charge >= 0.3 is 19.8 Å². The highest BCUT2D eigenvalue weighted by atomic mass is 31.2. The molecule has 59 heavy (non-hydrogen) atoms. The summed E-state index contributed by atoms with van der Waals surface area (Å²) in [7, 11) is -4.63. The lowest BCUT2D eigenvalue weighted by Crippen LogP contribution is -2.28. The van der Waals surface area contributed by atoms with Gasteiger partial charge < -0.3 is 24.6 Å². The van der Waals surface area contributed by atoms with Crippen molar-refractivity contribution in [2.45, 2.75) is 244 Å². The molecule has 348 valence electrons. The number of carbonyl (C=O) groups excluding carboxylic acids is 2. The molecule has 3 unspecified atom stereocenters. The van der Waals surface area contributed by atoms with Crippen molar-refractivity contribution in [3.8, 4) is 0 Å². The van der Waals surface area contributed by atoms with Crippen LogP contribution in [0.5, 0.6) is 0 Å². The Morgan fingerprint density at radius 1 is 0.458 bits per heavy atom. The van der Waals surface area contributed by atoms with E-state index in [1.807, 2.05) is 0 Å². The number of hydrogen-bond acceptors (Lipinski definition) is 9. The van der Waals surface area contributed by atoms with Crippen LogP contribution >= 0.6 is 7.82 Å². The number of unbranched alkanes of at least 4 members (excludes halogenated alkanes) is 28. The van der Waals surface area contributed by atoms with Crippen LogP contribution in [0.4, 0.5) is 0 Å². The lowest BCUT2D eigenvalue weighted by molar-refractivity contribution is -0.153. The molecule has 0 aromatic rings. The normalized spacial score (nSPS) is 13.9. The van der Waals surface area contributed by atoms with Gasteiger partial charge in [-0.15, -0.1) is 0 Å². The van der Waals surface area contributed by atoms with E-state index in [1.165, 1.54) is 148 Å².